The molecule has 4 rings (SSSR count). The smallest absolute Gasteiger partial charge is 0.744 e. The van der Waals surface area contributed by atoms with Crippen LogP contribution >= 0.6 is 0 Å². The van der Waals surface area contributed by atoms with Gasteiger partial charge >= 0.3 is 88.7 Å². The Morgan fingerprint density at radius 3 is 1.30 bits per heavy atom. The van der Waals surface area contributed by atoms with Crippen LogP contribution in [0, 0.1) is 0 Å². The minimum Gasteiger partial charge on any atom is -0.744 e. The zero-order valence-electron chi connectivity index (χ0n) is 24.8. The van der Waals surface area contributed by atoms with Crippen LogP contribution in [0.4, 0.5) is 0 Å². The van der Waals surface area contributed by atoms with E-state index in [-0.39, 0.29) is 133 Å². The first-order chi connectivity index (χ1) is 18.7. The summed E-state index contributed by atoms with van der Waals surface area (Å²) in [6.45, 7) is 2.37. The summed E-state index contributed by atoms with van der Waals surface area (Å²) in [5.41, 5.74) is 0. The van der Waals surface area contributed by atoms with E-state index in [9.17, 15) is 38.9 Å². The third-order valence-corrected chi connectivity index (χ3v) is 9.69. The molecule has 0 fully saturated rings. The van der Waals surface area contributed by atoms with Gasteiger partial charge in [0.2, 0.25) is 0 Å². The summed E-state index contributed by atoms with van der Waals surface area (Å²) in [5, 5.41) is -0.398. The van der Waals surface area contributed by atoms with E-state index < -0.39 is 45.0 Å². The number of hydrogen-bond acceptors (Lipinski definition) is 10. The number of ether oxygens (including phenoxy) is 1. The molecule has 0 aliphatic rings. The van der Waals surface area contributed by atoms with Crippen LogP contribution in [-0.2, 0) is 30.4 Å². The Kier molecular flexibility index (Phi) is 16.4. The first kappa shape index (κ1) is 41.5. The second-order valence-corrected chi connectivity index (χ2v) is 13.9. The number of benzene rings is 4. The van der Waals surface area contributed by atoms with E-state index in [1.165, 1.54) is 43.9 Å². The zero-order chi connectivity index (χ0) is 29.3. The van der Waals surface area contributed by atoms with Gasteiger partial charge < -0.3 is 18.4 Å². The van der Waals surface area contributed by atoms with Crippen molar-refractivity contribution in [3.05, 3.63) is 36.4 Å². The van der Waals surface area contributed by atoms with Crippen LogP contribution in [0.2, 0.25) is 0 Å². The van der Waals surface area contributed by atoms with Crippen LogP contribution in [0.3, 0.4) is 0 Å². The molecule has 0 bridgehead atoms. The summed E-state index contributed by atoms with van der Waals surface area (Å²) in [6, 6.07) is 6.59. The fraction of sp³-hybridized carbons (Fsp3) is 0.407. The van der Waals surface area contributed by atoms with Crippen LogP contribution in [0.25, 0.3) is 32.3 Å². The Morgan fingerprint density at radius 2 is 0.884 bits per heavy atom. The van der Waals surface area contributed by atoms with Gasteiger partial charge in [-0.25, -0.2) is 25.3 Å². The Bertz CT molecular complexity index is 1830. The quantitative estimate of drug-likeness (QED) is 0.0556. The molecule has 0 saturated heterocycles. The summed E-state index contributed by atoms with van der Waals surface area (Å²) in [5.74, 6) is 0.0257. The molecule has 0 aliphatic carbocycles. The van der Waals surface area contributed by atoms with Gasteiger partial charge in [0.05, 0.1) is 21.3 Å². The predicted molar refractivity (Wildman–Crippen MR) is 147 cm³/mol. The van der Waals surface area contributed by atoms with Gasteiger partial charge in [-0.2, -0.15) is 0 Å². The molecule has 0 aliphatic heterocycles. The molecule has 0 unspecified atom stereocenters. The third kappa shape index (κ3) is 9.74. The van der Waals surface area contributed by atoms with E-state index in [1.807, 2.05) is 0 Å². The molecule has 10 nitrogen and oxygen atoms in total. The second kappa shape index (κ2) is 17.0. The van der Waals surface area contributed by atoms with E-state index in [2.05, 4.69) is 6.92 Å². The molecule has 0 atom stereocenters. The number of rotatable bonds is 14. The standard InChI is InChI=1S/C27H32O10S3.3Na/c1-2-3-4-5-6-7-8-9-10-15-37-22-16-23(38(28,29)30)19-13-14-21-25(40(34,35)36)17-24(39(31,32)33)20-12-11-18(22)26(19)27(20)21;;;/h11-14,16-17H,2-10,15H2,1H3,(H,28,29,30)(H,31,32,33)(H,34,35,36);;;/q;3*+1/p-3. The first-order valence-electron chi connectivity index (χ1n) is 13.0. The number of unbranched alkanes of at least 4 members (excludes halogenated alkanes) is 8. The van der Waals surface area contributed by atoms with Gasteiger partial charge in [-0.15, -0.1) is 0 Å². The molecular weight excluding hydrogens is 649 g/mol. The monoisotopic (exact) mass is 678 g/mol. The summed E-state index contributed by atoms with van der Waals surface area (Å²) in [6.07, 6.45) is 9.64. The Labute approximate surface area is 319 Å². The molecule has 43 heavy (non-hydrogen) atoms. The fourth-order valence-electron chi connectivity index (χ4n) is 5.20. The van der Waals surface area contributed by atoms with Crippen LogP contribution in [0.5, 0.6) is 5.75 Å². The third-order valence-electron chi connectivity index (χ3n) is 7.06. The number of hydrogen-bond donors (Lipinski definition) is 0. The first-order valence-corrected chi connectivity index (χ1v) is 17.3. The topological polar surface area (TPSA) is 181 Å². The molecule has 0 N–H and O–H groups in total. The molecule has 4 aromatic rings. The molecule has 4 aromatic carbocycles. The molecule has 0 heterocycles. The maximum atomic E-state index is 12.2. The van der Waals surface area contributed by atoms with Crippen LogP contribution in [-0.4, -0.2) is 45.5 Å². The van der Waals surface area contributed by atoms with Crippen molar-refractivity contribution in [1.29, 1.82) is 0 Å². The van der Waals surface area contributed by atoms with E-state index in [4.69, 9.17) is 4.74 Å². The van der Waals surface area contributed by atoms with Crippen LogP contribution in [0.15, 0.2) is 51.1 Å². The van der Waals surface area contributed by atoms with Gasteiger partial charge in [0.25, 0.3) is 0 Å². The maximum Gasteiger partial charge on any atom is 1.00 e. The second-order valence-electron chi connectivity index (χ2n) is 9.86. The van der Waals surface area contributed by atoms with Crippen molar-refractivity contribution < 1.29 is 132 Å². The van der Waals surface area contributed by atoms with Crippen molar-refractivity contribution >= 4 is 62.7 Å². The van der Waals surface area contributed by atoms with Crippen molar-refractivity contribution in [1.82, 2.24) is 0 Å². The summed E-state index contributed by atoms with van der Waals surface area (Å²) >= 11 is 0. The predicted octanol–water partition coefficient (Wildman–Crippen LogP) is -3.78. The summed E-state index contributed by atoms with van der Waals surface area (Å²) in [4.78, 5) is -2.55. The maximum absolute atomic E-state index is 12.2. The van der Waals surface area contributed by atoms with Crippen molar-refractivity contribution in [2.45, 2.75) is 79.4 Å². The van der Waals surface area contributed by atoms with Gasteiger partial charge in [0.1, 0.15) is 36.1 Å². The van der Waals surface area contributed by atoms with E-state index >= 15 is 0 Å². The van der Waals surface area contributed by atoms with E-state index in [0.717, 1.165) is 37.8 Å². The van der Waals surface area contributed by atoms with Crippen LogP contribution < -0.4 is 93.4 Å². The fourth-order valence-corrected chi connectivity index (χ4v) is 7.37. The Morgan fingerprint density at radius 1 is 0.535 bits per heavy atom. The molecule has 0 saturated carbocycles. The SMILES string of the molecule is CCCCCCCCCCCOc1cc(S(=O)(=O)[O-])c2ccc3c(S(=O)(=O)[O-])cc(S(=O)(=O)[O-])c4ccc1c2c43.[Na+].[Na+].[Na+]. The van der Waals surface area contributed by atoms with Crippen molar-refractivity contribution in [3.63, 3.8) is 0 Å². The molecule has 0 aromatic heterocycles. The average molecular weight is 679 g/mol. The normalized spacial score (nSPS) is 12.2. The van der Waals surface area contributed by atoms with Gasteiger partial charge in [-0.3, -0.25) is 0 Å². The van der Waals surface area contributed by atoms with Gasteiger partial charge in [0, 0.05) is 32.3 Å². The minimum absolute atomic E-state index is 0. The Hall–Kier alpha value is 0.450. The zero-order valence-corrected chi connectivity index (χ0v) is 33.3. The van der Waals surface area contributed by atoms with Crippen LogP contribution in [0.1, 0.15) is 64.7 Å². The minimum atomic E-state index is -5.26. The van der Waals surface area contributed by atoms with Crippen molar-refractivity contribution in [2.75, 3.05) is 6.61 Å². The largest absolute Gasteiger partial charge is 1.00 e. The molecular formula is C27H29Na3O10S3. The molecule has 0 radical (unpaired) electrons. The molecule has 16 heteroatoms. The molecule has 0 amide bonds. The summed E-state index contributed by atoms with van der Waals surface area (Å²) < 4.78 is 115. The van der Waals surface area contributed by atoms with Crippen molar-refractivity contribution in [3.8, 4) is 5.75 Å². The van der Waals surface area contributed by atoms with E-state index in [0.29, 0.717) is 12.5 Å². The Balaban J connectivity index is 0.00000308. The van der Waals surface area contributed by atoms with Gasteiger partial charge in [-0.05, 0) is 24.6 Å². The molecule has 0 spiro atoms. The van der Waals surface area contributed by atoms with Gasteiger partial charge in [0.15, 0.2) is 0 Å². The van der Waals surface area contributed by atoms with Crippen molar-refractivity contribution in [2.24, 2.45) is 0 Å². The average Bonchev–Trinajstić information content (AvgIpc) is 2.86. The summed E-state index contributed by atoms with van der Waals surface area (Å²) in [7, 11) is -15.6. The van der Waals surface area contributed by atoms with E-state index in [1.54, 1.807) is 0 Å². The molecule has 218 valence electrons. The van der Waals surface area contributed by atoms with Gasteiger partial charge in [-0.1, -0.05) is 76.5 Å².